The van der Waals surface area contributed by atoms with Gasteiger partial charge in [-0.15, -0.1) is 0 Å². The first-order valence-electron chi connectivity index (χ1n) is 12.2. The second-order valence-electron chi connectivity index (χ2n) is 9.08. The minimum Gasteiger partial charge on any atom is -0.241 e. The van der Waals surface area contributed by atoms with Crippen molar-refractivity contribution >= 4 is 0 Å². The van der Waals surface area contributed by atoms with Crippen LogP contribution in [0.25, 0.3) is 0 Å². The first-order chi connectivity index (χ1) is 14.3. The third kappa shape index (κ3) is 7.24. The molecule has 3 rings (SSSR count). The molecule has 29 heavy (non-hydrogen) atoms. The van der Waals surface area contributed by atoms with Gasteiger partial charge in [-0.3, -0.25) is 0 Å². The highest BCUT2D eigenvalue weighted by atomic mass is 14.9. The number of benzene rings is 1. The average Bonchev–Trinajstić information content (AvgIpc) is 2.78. The van der Waals surface area contributed by atoms with Crippen LogP contribution in [0.5, 0.6) is 0 Å². The highest BCUT2D eigenvalue weighted by Crippen LogP contribution is 2.36. The maximum atomic E-state index is 4.75. The molecule has 1 fully saturated rings. The van der Waals surface area contributed by atoms with E-state index < -0.39 is 0 Å². The van der Waals surface area contributed by atoms with Gasteiger partial charge >= 0.3 is 0 Å². The van der Waals surface area contributed by atoms with Crippen LogP contribution in [0, 0.1) is 5.92 Å². The standard InChI is InChI=1S/C27H40N2/c1-3-5-7-9-23-16-18-26(19-17-23)27-28-20-25(21-29-27)15-14-24-12-10-22(11-13-24)8-6-4-2/h10-13,20-21,23,26H,3-9,14-19H2,1-2H3. The molecule has 158 valence electrons. The van der Waals surface area contributed by atoms with Crippen LogP contribution in [0.1, 0.15) is 106 Å². The molecule has 2 nitrogen and oxygen atoms in total. The molecule has 0 saturated heterocycles. The highest BCUT2D eigenvalue weighted by Gasteiger charge is 2.23. The summed E-state index contributed by atoms with van der Waals surface area (Å²) in [5.74, 6) is 2.62. The molecule has 1 saturated carbocycles. The number of hydrogen-bond acceptors (Lipinski definition) is 2. The van der Waals surface area contributed by atoms with E-state index in [1.807, 2.05) is 0 Å². The SMILES string of the molecule is CCCCCC1CCC(c2ncc(CCc3ccc(CCCC)cc3)cn2)CC1. The Hall–Kier alpha value is -1.70. The summed E-state index contributed by atoms with van der Waals surface area (Å²) in [7, 11) is 0. The van der Waals surface area contributed by atoms with Gasteiger partial charge in [-0.05, 0) is 74.0 Å². The van der Waals surface area contributed by atoms with Crippen molar-refractivity contribution in [2.75, 3.05) is 0 Å². The van der Waals surface area contributed by atoms with Crippen molar-refractivity contribution in [1.82, 2.24) is 9.97 Å². The average molecular weight is 393 g/mol. The third-order valence-electron chi connectivity index (χ3n) is 6.70. The Morgan fingerprint density at radius 3 is 1.90 bits per heavy atom. The van der Waals surface area contributed by atoms with Crippen molar-refractivity contribution in [1.29, 1.82) is 0 Å². The van der Waals surface area contributed by atoms with Gasteiger partial charge in [-0.25, -0.2) is 9.97 Å². The minimum absolute atomic E-state index is 0.585. The van der Waals surface area contributed by atoms with Crippen molar-refractivity contribution in [3.05, 3.63) is 59.2 Å². The van der Waals surface area contributed by atoms with Crippen molar-refractivity contribution in [2.24, 2.45) is 5.92 Å². The Kier molecular flexibility index (Phi) is 9.18. The maximum Gasteiger partial charge on any atom is 0.131 e. The van der Waals surface area contributed by atoms with Crippen molar-refractivity contribution in [3.63, 3.8) is 0 Å². The molecule has 1 aliphatic carbocycles. The molecular weight excluding hydrogens is 352 g/mol. The Morgan fingerprint density at radius 1 is 0.690 bits per heavy atom. The molecule has 1 aliphatic rings. The first-order valence-corrected chi connectivity index (χ1v) is 12.2. The number of hydrogen-bond donors (Lipinski definition) is 0. The van der Waals surface area contributed by atoms with Crippen LogP contribution in [0.3, 0.4) is 0 Å². The summed E-state index contributed by atoms with van der Waals surface area (Å²) in [5.41, 5.74) is 4.14. The lowest BCUT2D eigenvalue weighted by atomic mass is 9.79. The van der Waals surface area contributed by atoms with Crippen LogP contribution in [0.15, 0.2) is 36.7 Å². The second-order valence-corrected chi connectivity index (χ2v) is 9.08. The molecule has 0 spiro atoms. The summed E-state index contributed by atoms with van der Waals surface area (Å²) in [5, 5.41) is 0. The molecule has 1 aromatic heterocycles. The number of aryl methyl sites for hydroxylation is 3. The van der Waals surface area contributed by atoms with E-state index in [-0.39, 0.29) is 0 Å². The Balaban J connectivity index is 1.42. The molecule has 1 aromatic carbocycles. The number of nitrogens with zero attached hydrogens (tertiary/aromatic N) is 2. The van der Waals surface area contributed by atoms with Crippen LogP contribution in [-0.2, 0) is 19.3 Å². The van der Waals surface area contributed by atoms with Crippen LogP contribution in [0.2, 0.25) is 0 Å². The van der Waals surface area contributed by atoms with Gasteiger partial charge in [-0.2, -0.15) is 0 Å². The zero-order chi connectivity index (χ0) is 20.3. The second kappa shape index (κ2) is 12.1. The van der Waals surface area contributed by atoms with Crippen LogP contribution >= 0.6 is 0 Å². The molecule has 0 radical (unpaired) electrons. The summed E-state index contributed by atoms with van der Waals surface area (Å²) in [6.45, 7) is 4.55. The Labute approximate surface area is 178 Å². The highest BCUT2D eigenvalue weighted by molar-refractivity contribution is 5.23. The monoisotopic (exact) mass is 392 g/mol. The molecule has 2 heteroatoms. The lowest BCUT2D eigenvalue weighted by Crippen LogP contribution is -2.15. The largest absolute Gasteiger partial charge is 0.241 e. The molecule has 0 atom stereocenters. The molecule has 0 amide bonds. The van der Waals surface area contributed by atoms with E-state index in [0.717, 1.165) is 24.6 Å². The summed E-state index contributed by atoms with van der Waals surface area (Å²) in [6, 6.07) is 9.17. The topological polar surface area (TPSA) is 25.8 Å². The quantitative estimate of drug-likeness (QED) is 0.371. The minimum atomic E-state index is 0.585. The summed E-state index contributed by atoms with van der Waals surface area (Å²) < 4.78 is 0. The first kappa shape index (κ1) is 22.0. The molecule has 1 heterocycles. The molecule has 0 N–H and O–H groups in total. The van der Waals surface area contributed by atoms with Crippen LogP contribution < -0.4 is 0 Å². The van der Waals surface area contributed by atoms with Gasteiger partial charge in [0.2, 0.25) is 0 Å². The van der Waals surface area contributed by atoms with E-state index in [0.29, 0.717) is 5.92 Å². The van der Waals surface area contributed by atoms with E-state index in [2.05, 4.69) is 50.5 Å². The predicted molar refractivity (Wildman–Crippen MR) is 123 cm³/mol. The number of aromatic nitrogens is 2. The smallest absolute Gasteiger partial charge is 0.131 e. The third-order valence-corrected chi connectivity index (χ3v) is 6.70. The van der Waals surface area contributed by atoms with Gasteiger partial charge in [0.15, 0.2) is 0 Å². The van der Waals surface area contributed by atoms with Crippen LogP contribution in [-0.4, -0.2) is 9.97 Å². The van der Waals surface area contributed by atoms with E-state index in [4.69, 9.17) is 9.97 Å². The van der Waals surface area contributed by atoms with Gasteiger partial charge in [0, 0.05) is 18.3 Å². The fourth-order valence-corrected chi connectivity index (χ4v) is 4.64. The Morgan fingerprint density at radius 2 is 1.28 bits per heavy atom. The number of unbranched alkanes of at least 4 members (excludes halogenated alkanes) is 3. The molecule has 0 unspecified atom stereocenters. The number of rotatable bonds is 11. The molecular formula is C27H40N2. The van der Waals surface area contributed by atoms with E-state index in [1.54, 1.807) is 0 Å². The summed E-state index contributed by atoms with van der Waals surface area (Å²) in [4.78, 5) is 9.50. The molecule has 2 aromatic rings. The van der Waals surface area contributed by atoms with Gasteiger partial charge in [-0.1, -0.05) is 70.2 Å². The van der Waals surface area contributed by atoms with E-state index in [9.17, 15) is 0 Å². The van der Waals surface area contributed by atoms with Crippen LogP contribution in [0.4, 0.5) is 0 Å². The fourth-order valence-electron chi connectivity index (χ4n) is 4.64. The zero-order valence-corrected chi connectivity index (χ0v) is 18.7. The van der Waals surface area contributed by atoms with Crippen molar-refractivity contribution < 1.29 is 0 Å². The van der Waals surface area contributed by atoms with Gasteiger partial charge in [0.1, 0.15) is 5.82 Å². The normalized spacial score (nSPS) is 19.4. The van der Waals surface area contributed by atoms with Gasteiger partial charge in [0.05, 0.1) is 0 Å². The van der Waals surface area contributed by atoms with Crippen molar-refractivity contribution in [3.8, 4) is 0 Å². The molecule has 0 aliphatic heterocycles. The van der Waals surface area contributed by atoms with E-state index >= 15 is 0 Å². The van der Waals surface area contributed by atoms with Gasteiger partial charge in [0.25, 0.3) is 0 Å². The lowest BCUT2D eigenvalue weighted by Gasteiger charge is -2.27. The zero-order valence-electron chi connectivity index (χ0n) is 18.7. The van der Waals surface area contributed by atoms with Gasteiger partial charge < -0.3 is 0 Å². The Bertz CT molecular complexity index is 681. The fraction of sp³-hybridized carbons (Fsp3) is 0.630. The van der Waals surface area contributed by atoms with Crippen molar-refractivity contribution in [2.45, 2.75) is 103 Å². The summed E-state index contributed by atoms with van der Waals surface area (Å²) >= 11 is 0. The maximum absolute atomic E-state index is 4.75. The lowest BCUT2D eigenvalue weighted by molar-refractivity contribution is 0.297. The molecule has 0 bridgehead atoms. The predicted octanol–water partition coefficient (Wildman–Crippen LogP) is 7.46. The van der Waals surface area contributed by atoms with E-state index in [1.165, 1.54) is 87.3 Å². The summed E-state index contributed by atoms with van der Waals surface area (Å²) in [6.07, 6.45) is 20.9.